The lowest BCUT2D eigenvalue weighted by atomic mass is 9.91. The summed E-state index contributed by atoms with van der Waals surface area (Å²) in [7, 11) is 0. The number of nitrogens with one attached hydrogen (secondary N) is 3. The molecule has 1 fully saturated rings. The molecule has 2 atom stereocenters. The van der Waals surface area contributed by atoms with Crippen molar-refractivity contribution in [3.05, 3.63) is 58.3 Å². The predicted molar refractivity (Wildman–Crippen MR) is 126 cm³/mol. The van der Waals surface area contributed by atoms with Crippen molar-refractivity contribution in [3.63, 3.8) is 0 Å². The van der Waals surface area contributed by atoms with E-state index in [4.69, 9.17) is 11.5 Å². The fourth-order valence-electron chi connectivity index (χ4n) is 3.70. The smallest absolute Gasteiger partial charge is 0.265 e. The first-order valence-corrected chi connectivity index (χ1v) is 11.4. The maximum Gasteiger partial charge on any atom is 0.265 e. The molecule has 7 N–H and O–H groups in total. The Morgan fingerprint density at radius 1 is 1.12 bits per heavy atom. The molecular formula is C22H24FN7O2S. The maximum atomic E-state index is 14.7. The van der Waals surface area contributed by atoms with Gasteiger partial charge in [-0.1, -0.05) is 18.9 Å². The zero-order valence-electron chi connectivity index (χ0n) is 17.7. The molecule has 0 unspecified atom stereocenters. The highest BCUT2D eigenvalue weighted by Gasteiger charge is 2.24. The third kappa shape index (κ3) is 5.44. The van der Waals surface area contributed by atoms with Crippen LogP contribution in [0.1, 0.15) is 45.7 Å². The SMILES string of the molecule is NC(=O)c1cc(F)c(N[C@@H]2CCCC[C@@H]2N)nc1Nc1cncc(NC(=O)c2cccs2)c1. The van der Waals surface area contributed by atoms with Crippen molar-refractivity contribution in [2.75, 3.05) is 16.0 Å². The summed E-state index contributed by atoms with van der Waals surface area (Å²) in [6.07, 6.45) is 6.65. The van der Waals surface area contributed by atoms with Gasteiger partial charge in [-0.3, -0.25) is 14.6 Å². The number of carbonyl (C=O) groups is 2. The summed E-state index contributed by atoms with van der Waals surface area (Å²) in [5.41, 5.74) is 12.4. The summed E-state index contributed by atoms with van der Waals surface area (Å²) in [4.78, 5) is 33.2. The van der Waals surface area contributed by atoms with Crippen LogP contribution in [0.15, 0.2) is 42.0 Å². The van der Waals surface area contributed by atoms with Gasteiger partial charge in [0.05, 0.1) is 34.2 Å². The van der Waals surface area contributed by atoms with E-state index in [0.717, 1.165) is 31.7 Å². The number of anilines is 4. The lowest BCUT2D eigenvalue weighted by molar-refractivity contribution is 0.0998. The van der Waals surface area contributed by atoms with Crippen LogP contribution in [-0.4, -0.2) is 33.9 Å². The van der Waals surface area contributed by atoms with E-state index < -0.39 is 11.7 Å². The van der Waals surface area contributed by atoms with Crippen molar-refractivity contribution >= 4 is 46.2 Å². The van der Waals surface area contributed by atoms with E-state index >= 15 is 0 Å². The summed E-state index contributed by atoms with van der Waals surface area (Å²) in [5.74, 6) is -1.74. The molecule has 0 radical (unpaired) electrons. The Balaban J connectivity index is 1.57. The molecule has 0 aliphatic heterocycles. The Bertz CT molecular complexity index is 1160. The Labute approximate surface area is 193 Å². The van der Waals surface area contributed by atoms with Gasteiger partial charge in [-0.2, -0.15) is 0 Å². The van der Waals surface area contributed by atoms with Crippen LogP contribution in [-0.2, 0) is 0 Å². The number of halogens is 1. The molecule has 4 rings (SSSR count). The number of nitrogens with zero attached hydrogens (tertiary/aromatic N) is 2. The van der Waals surface area contributed by atoms with E-state index in [2.05, 4.69) is 25.9 Å². The molecule has 33 heavy (non-hydrogen) atoms. The van der Waals surface area contributed by atoms with E-state index in [0.29, 0.717) is 16.3 Å². The molecule has 1 aliphatic carbocycles. The molecule has 3 aromatic heterocycles. The average molecular weight is 470 g/mol. The van der Waals surface area contributed by atoms with Crippen molar-refractivity contribution in [1.29, 1.82) is 0 Å². The first-order valence-electron chi connectivity index (χ1n) is 10.5. The van der Waals surface area contributed by atoms with Gasteiger partial charge in [-0.05, 0) is 36.4 Å². The number of nitrogens with two attached hydrogens (primary N) is 2. The van der Waals surface area contributed by atoms with Gasteiger partial charge in [0, 0.05) is 12.1 Å². The molecule has 9 nitrogen and oxygen atoms in total. The second kappa shape index (κ2) is 9.92. The topological polar surface area (TPSA) is 148 Å². The number of aromatic nitrogens is 2. The Morgan fingerprint density at radius 3 is 2.64 bits per heavy atom. The van der Waals surface area contributed by atoms with E-state index in [1.807, 2.05) is 5.38 Å². The number of hydrogen-bond acceptors (Lipinski definition) is 8. The minimum absolute atomic E-state index is 0.0139. The van der Waals surface area contributed by atoms with Crippen LogP contribution in [0.5, 0.6) is 0 Å². The maximum absolute atomic E-state index is 14.7. The summed E-state index contributed by atoms with van der Waals surface area (Å²) >= 11 is 1.32. The quantitative estimate of drug-likeness (QED) is 0.356. The third-order valence-corrected chi connectivity index (χ3v) is 6.26. The fourth-order valence-corrected chi connectivity index (χ4v) is 4.32. The number of thiophene rings is 1. The highest BCUT2D eigenvalue weighted by atomic mass is 32.1. The molecule has 0 aromatic carbocycles. The van der Waals surface area contributed by atoms with Gasteiger partial charge in [0.2, 0.25) is 0 Å². The molecular weight excluding hydrogens is 445 g/mol. The fraction of sp³-hybridized carbons (Fsp3) is 0.273. The molecule has 11 heteroatoms. The highest BCUT2D eigenvalue weighted by molar-refractivity contribution is 7.12. The van der Waals surface area contributed by atoms with Crippen molar-refractivity contribution in [3.8, 4) is 0 Å². The summed E-state index contributed by atoms with van der Waals surface area (Å²) < 4.78 is 14.7. The molecule has 2 amide bonds. The van der Waals surface area contributed by atoms with Gasteiger partial charge in [-0.15, -0.1) is 11.3 Å². The van der Waals surface area contributed by atoms with Gasteiger partial charge >= 0.3 is 0 Å². The van der Waals surface area contributed by atoms with Gasteiger partial charge in [0.25, 0.3) is 11.8 Å². The number of primary amides is 1. The van der Waals surface area contributed by atoms with Gasteiger partial charge in [-0.25, -0.2) is 9.37 Å². The van der Waals surface area contributed by atoms with Crippen molar-refractivity contribution in [2.45, 2.75) is 37.8 Å². The first-order chi connectivity index (χ1) is 15.9. The lowest BCUT2D eigenvalue weighted by Crippen LogP contribution is -2.43. The Hall–Kier alpha value is -3.57. The zero-order valence-corrected chi connectivity index (χ0v) is 18.5. The van der Waals surface area contributed by atoms with E-state index in [9.17, 15) is 14.0 Å². The monoisotopic (exact) mass is 469 g/mol. The number of hydrogen-bond donors (Lipinski definition) is 5. The first kappa shape index (κ1) is 22.6. The van der Waals surface area contributed by atoms with Crippen LogP contribution < -0.4 is 27.4 Å². The van der Waals surface area contributed by atoms with E-state index in [1.54, 1.807) is 18.2 Å². The van der Waals surface area contributed by atoms with Crippen LogP contribution in [0.3, 0.4) is 0 Å². The number of pyridine rings is 2. The molecule has 0 spiro atoms. The molecule has 1 saturated carbocycles. The number of carbonyl (C=O) groups excluding carboxylic acids is 2. The minimum atomic E-state index is -0.833. The zero-order chi connectivity index (χ0) is 23.4. The van der Waals surface area contributed by atoms with Gasteiger partial charge < -0.3 is 27.4 Å². The lowest BCUT2D eigenvalue weighted by Gasteiger charge is -2.30. The summed E-state index contributed by atoms with van der Waals surface area (Å²) in [6, 6.07) is 5.94. The van der Waals surface area contributed by atoms with E-state index in [1.165, 1.54) is 23.7 Å². The highest BCUT2D eigenvalue weighted by Crippen LogP contribution is 2.27. The van der Waals surface area contributed by atoms with Crippen molar-refractivity contribution < 1.29 is 14.0 Å². The van der Waals surface area contributed by atoms with Gasteiger partial charge in [0.1, 0.15) is 5.82 Å². The molecule has 0 saturated heterocycles. The molecule has 0 bridgehead atoms. The molecule has 1 aliphatic rings. The van der Waals surface area contributed by atoms with Crippen LogP contribution in [0.2, 0.25) is 0 Å². The second-order valence-corrected chi connectivity index (χ2v) is 8.74. The van der Waals surface area contributed by atoms with Crippen molar-refractivity contribution in [1.82, 2.24) is 9.97 Å². The molecule has 3 heterocycles. The summed E-state index contributed by atoms with van der Waals surface area (Å²) in [6.45, 7) is 0. The van der Waals surface area contributed by atoms with E-state index in [-0.39, 0.29) is 35.2 Å². The Morgan fingerprint density at radius 2 is 1.91 bits per heavy atom. The van der Waals surface area contributed by atoms with Crippen LogP contribution in [0.25, 0.3) is 0 Å². The summed E-state index contributed by atoms with van der Waals surface area (Å²) in [5, 5.41) is 10.6. The van der Waals surface area contributed by atoms with Crippen LogP contribution >= 0.6 is 11.3 Å². The second-order valence-electron chi connectivity index (χ2n) is 7.80. The minimum Gasteiger partial charge on any atom is -0.365 e. The van der Waals surface area contributed by atoms with Crippen LogP contribution in [0, 0.1) is 5.82 Å². The van der Waals surface area contributed by atoms with Crippen molar-refractivity contribution in [2.24, 2.45) is 11.5 Å². The standard InChI is InChI=1S/C22H24FN7O2S/c23-15-9-14(19(25)31)20(30-21(15)29-17-5-2-1-4-16(17)24)27-12-8-13(11-26-10-12)28-22(32)18-6-3-7-33-18/h3,6-11,16-17H,1-2,4-5,24H2,(H2,25,31)(H,28,32)(H2,27,29,30)/t16-,17+/m0/s1. The number of amides is 2. The molecule has 172 valence electrons. The Kier molecular flexibility index (Phi) is 6.80. The third-order valence-electron chi connectivity index (χ3n) is 5.39. The molecule has 3 aromatic rings. The van der Waals surface area contributed by atoms with Gasteiger partial charge in [0.15, 0.2) is 11.6 Å². The predicted octanol–water partition coefficient (Wildman–Crippen LogP) is 3.45. The largest absolute Gasteiger partial charge is 0.365 e. The normalized spacial score (nSPS) is 17.9. The number of rotatable bonds is 7. The van der Waals surface area contributed by atoms with Crippen LogP contribution in [0.4, 0.5) is 27.4 Å². The average Bonchev–Trinajstić information content (AvgIpc) is 3.33.